The molecule has 0 fully saturated rings. The Morgan fingerprint density at radius 2 is 1.84 bits per heavy atom. The van der Waals surface area contributed by atoms with E-state index in [0.717, 1.165) is 16.1 Å². The number of aliphatic imine (C=N–C) groups is 1. The van der Waals surface area contributed by atoms with Gasteiger partial charge in [-0.15, -0.1) is 0 Å². The average molecular weight is 588 g/mol. The molecule has 3 N–H and O–H groups in total. The van der Waals surface area contributed by atoms with Crippen molar-refractivity contribution < 1.29 is 28.2 Å². The monoisotopic (exact) mass is 587 g/mol. The first-order chi connectivity index (χ1) is 18.3. The van der Waals surface area contributed by atoms with E-state index in [0.29, 0.717) is 35.8 Å². The lowest BCUT2D eigenvalue weighted by Gasteiger charge is -2.28. The van der Waals surface area contributed by atoms with Crippen molar-refractivity contribution in [2.45, 2.75) is 38.0 Å². The highest BCUT2D eigenvalue weighted by Crippen LogP contribution is 2.34. The van der Waals surface area contributed by atoms with Crippen LogP contribution in [-0.2, 0) is 22.5 Å². The molecule has 1 aliphatic heterocycles. The van der Waals surface area contributed by atoms with Crippen molar-refractivity contribution in [1.29, 1.82) is 0 Å². The van der Waals surface area contributed by atoms with Crippen LogP contribution in [0.5, 0.6) is 5.75 Å². The number of hydrazine groups is 1. The minimum Gasteiger partial charge on any atom is -0.494 e. The van der Waals surface area contributed by atoms with E-state index < -0.39 is 29.2 Å². The van der Waals surface area contributed by atoms with E-state index in [4.69, 9.17) is 19.6 Å². The molecule has 2 atom stereocenters. The van der Waals surface area contributed by atoms with Crippen molar-refractivity contribution in [1.82, 2.24) is 10.9 Å². The highest BCUT2D eigenvalue weighted by atomic mass is 79.9. The molecule has 0 bridgehead atoms. The zero-order valence-electron chi connectivity index (χ0n) is 20.7. The molecule has 0 spiro atoms. The Hall–Kier alpha value is -3.34. The normalized spacial score (nSPS) is 18.6. The number of carbonyl (C=O) groups excluding carboxylic acids is 1. The average Bonchev–Trinajstić information content (AvgIpc) is 3.22. The van der Waals surface area contributed by atoms with E-state index in [1.807, 2.05) is 24.3 Å². The fraction of sp³-hybridized carbons (Fsp3) is 0.286. The van der Waals surface area contributed by atoms with Crippen LogP contribution >= 0.6 is 15.9 Å². The minimum absolute atomic E-state index is 0.00901. The molecule has 0 saturated carbocycles. The maximum atomic E-state index is 13.6. The molecule has 38 heavy (non-hydrogen) atoms. The van der Waals surface area contributed by atoms with E-state index in [2.05, 4.69) is 26.8 Å². The number of hydrogen-bond acceptors (Lipinski definition) is 6. The molecule has 7 nitrogen and oxygen atoms in total. The van der Waals surface area contributed by atoms with Gasteiger partial charge in [0.2, 0.25) is 5.90 Å². The summed E-state index contributed by atoms with van der Waals surface area (Å²) in [5.74, 6) is -0.889. The Kier molecular flexibility index (Phi) is 9.09. The summed E-state index contributed by atoms with van der Waals surface area (Å²) in [6.45, 7) is 2.24. The summed E-state index contributed by atoms with van der Waals surface area (Å²) in [6.07, 6.45) is 0.145. The maximum Gasteiger partial charge on any atom is 0.266 e. The highest BCUT2D eigenvalue weighted by Gasteiger charge is 2.50. The number of nitrogens with one attached hydrogen (secondary N) is 2. The third-order valence-electron chi connectivity index (χ3n) is 6.16. The van der Waals surface area contributed by atoms with Crippen LogP contribution in [0.4, 0.5) is 8.78 Å². The van der Waals surface area contributed by atoms with Crippen LogP contribution in [0.15, 0.2) is 76.2 Å². The van der Waals surface area contributed by atoms with Gasteiger partial charge in [-0.2, -0.15) is 0 Å². The molecule has 0 radical (unpaired) electrons. The first-order valence-corrected chi connectivity index (χ1v) is 12.9. The number of nitrogens with zero attached hydrogens (tertiary/aromatic N) is 1. The first-order valence-electron chi connectivity index (χ1n) is 12.1. The van der Waals surface area contributed by atoms with Gasteiger partial charge in [0, 0.05) is 42.1 Å². The Bertz CT molecular complexity index is 1290. The van der Waals surface area contributed by atoms with Crippen LogP contribution in [-0.4, -0.2) is 41.8 Å². The lowest BCUT2D eigenvalue weighted by atomic mass is 9.86. The summed E-state index contributed by atoms with van der Waals surface area (Å²) in [5, 5.41) is 8.93. The van der Waals surface area contributed by atoms with Crippen LogP contribution in [0.25, 0.3) is 0 Å². The first kappa shape index (κ1) is 27.7. The van der Waals surface area contributed by atoms with Crippen LogP contribution in [0.2, 0.25) is 0 Å². The second-order valence-electron chi connectivity index (χ2n) is 8.90. The zero-order valence-corrected chi connectivity index (χ0v) is 22.3. The fourth-order valence-electron chi connectivity index (χ4n) is 4.12. The molecular weight excluding hydrogens is 560 g/mol. The number of ether oxygens (including phenoxy) is 2. The number of benzene rings is 3. The van der Waals surface area contributed by atoms with Gasteiger partial charge in [-0.1, -0.05) is 34.1 Å². The third kappa shape index (κ3) is 6.56. The molecule has 200 valence electrons. The Labute approximate surface area is 228 Å². The predicted molar refractivity (Wildman–Crippen MR) is 143 cm³/mol. The van der Waals surface area contributed by atoms with Crippen molar-refractivity contribution in [2.75, 3.05) is 13.2 Å². The fourth-order valence-corrected chi connectivity index (χ4v) is 4.55. The summed E-state index contributed by atoms with van der Waals surface area (Å²) in [4.78, 5) is 18.4. The number of rotatable bonds is 11. The van der Waals surface area contributed by atoms with Gasteiger partial charge in [0.1, 0.15) is 23.5 Å². The van der Waals surface area contributed by atoms with E-state index in [-0.39, 0.29) is 19.6 Å². The Morgan fingerprint density at radius 3 is 2.53 bits per heavy atom. The van der Waals surface area contributed by atoms with Crippen LogP contribution in [0.1, 0.15) is 30.0 Å². The second kappa shape index (κ2) is 12.5. The van der Waals surface area contributed by atoms with E-state index in [1.165, 1.54) is 12.1 Å². The maximum absolute atomic E-state index is 13.6. The number of hydrogen-bond donors (Lipinski definition) is 3. The summed E-state index contributed by atoms with van der Waals surface area (Å²) >= 11 is 3.55. The van der Waals surface area contributed by atoms with Gasteiger partial charge in [0.25, 0.3) is 5.91 Å². The molecule has 0 unspecified atom stereocenters. The number of aliphatic hydroxyl groups excluding tert-OH is 1. The second-order valence-corrected chi connectivity index (χ2v) is 9.76. The zero-order chi connectivity index (χ0) is 27.1. The predicted octanol–water partition coefficient (Wildman–Crippen LogP) is 4.46. The van der Waals surface area contributed by atoms with E-state index >= 15 is 0 Å². The van der Waals surface area contributed by atoms with Gasteiger partial charge < -0.3 is 14.6 Å². The number of halogens is 3. The molecule has 3 aromatic rings. The van der Waals surface area contributed by atoms with Gasteiger partial charge in [0.05, 0.1) is 6.61 Å². The molecule has 3 aromatic carbocycles. The quantitative estimate of drug-likeness (QED) is 0.228. The molecule has 0 saturated heterocycles. The molecule has 1 amide bonds. The van der Waals surface area contributed by atoms with Gasteiger partial charge in [0.15, 0.2) is 5.54 Å². The summed E-state index contributed by atoms with van der Waals surface area (Å²) in [7, 11) is 0. The summed E-state index contributed by atoms with van der Waals surface area (Å²) in [6, 6.07) is 17.9. The van der Waals surface area contributed by atoms with Crippen molar-refractivity contribution >= 4 is 27.7 Å². The number of carbonyl (C=O) groups is 1. The molecule has 1 heterocycles. The molecular formula is C28H28BrF2N3O4. The van der Waals surface area contributed by atoms with E-state index in [9.17, 15) is 13.6 Å². The molecule has 0 aliphatic carbocycles. The third-order valence-corrected chi connectivity index (χ3v) is 6.94. The number of aliphatic hydroxyl groups is 1. The highest BCUT2D eigenvalue weighted by molar-refractivity contribution is 9.10. The van der Waals surface area contributed by atoms with E-state index in [1.54, 1.807) is 31.2 Å². The smallest absolute Gasteiger partial charge is 0.266 e. The minimum atomic E-state index is -1.32. The van der Waals surface area contributed by atoms with Crippen molar-refractivity contribution in [2.24, 2.45) is 4.99 Å². The largest absolute Gasteiger partial charge is 0.494 e. The van der Waals surface area contributed by atoms with Gasteiger partial charge in [-0.3, -0.25) is 10.2 Å². The molecule has 4 rings (SSSR count). The molecule has 10 heteroatoms. The molecule has 1 aliphatic rings. The van der Waals surface area contributed by atoms with Gasteiger partial charge in [-0.25, -0.2) is 19.2 Å². The summed E-state index contributed by atoms with van der Waals surface area (Å²) < 4.78 is 39.6. The van der Waals surface area contributed by atoms with Crippen LogP contribution in [0.3, 0.4) is 0 Å². The van der Waals surface area contributed by atoms with Gasteiger partial charge >= 0.3 is 0 Å². The Balaban J connectivity index is 1.57. The lowest BCUT2D eigenvalue weighted by Crippen LogP contribution is -2.55. The van der Waals surface area contributed by atoms with Crippen LogP contribution in [0, 0.1) is 11.6 Å². The van der Waals surface area contributed by atoms with Crippen molar-refractivity contribution in [3.05, 3.63) is 99.5 Å². The number of amides is 1. The summed E-state index contributed by atoms with van der Waals surface area (Å²) in [5.41, 5.74) is 5.97. The molecule has 0 aromatic heterocycles. The van der Waals surface area contributed by atoms with Crippen LogP contribution < -0.4 is 15.6 Å². The SMILES string of the molecule is C[C@@H]1OC(c2ccc(OCCCO)cc2)=N[C@]1(Cc1ccccc1Br)C(=O)NNCc1cc(F)cc(F)c1. The van der Waals surface area contributed by atoms with Gasteiger partial charge in [-0.05, 0) is 60.5 Å². The standard InChI is InChI=1S/C28H28BrF2N3O4/c1-18-28(16-21-5-2-3-6-25(21)29,27(36)34-32-17-19-13-22(30)15-23(31)14-19)33-26(38-18)20-7-9-24(10-8-20)37-12-4-11-35/h2-3,5-10,13-15,18,32,35H,4,11-12,16-17H2,1H3,(H,34,36)/t18-,28-/m0/s1. The lowest BCUT2D eigenvalue weighted by molar-refractivity contribution is -0.129. The Morgan fingerprint density at radius 1 is 1.13 bits per heavy atom. The van der Waals surface area contributed by atoms with Crippen molar-refractivity contribution in [3.8, 4) is 5.75 Å². The van der Waals surface area contributed by atoms with Crippen molar-refractivity contribution in [3.63, 3.8) is 0 Å². The topological polar surface area (TPSA) is 92.2 Å².